The van der Waals surface area contributed by atoms with Crippen LogP contribution in [0, 0.1) is 0 Å². The largest absolute Gasteiger partial charge is 0.508 e. The molecule has 0 saturated heterocycles. The fourth-order valence-electron chi connectivity index (χ4n) is 1.49. The topological polar surface area (TPSA) is 69.6 Å². The summed E-state index contributed by atoms with van der Waals surface area (Å²) >= 11 is 0. The van der Waals surface area contributed by atoms with Gasteiger partial charge < -0.3 is 10.0 Å². The number of nitrogens with one attached hydrogen (secondary N) is 1. The molecule has 6 heteroatoms. The Kier molecular flexibility index (Phi) is 5.13. The van der Waals surface area contributed by atoms with Crippen LogP contribution in [0.4, 0.5) is 0 Å². The molecule has 1 aromatic carbocycles. The molecule has 0 aromatic heterocycles. The van der Waals surface area contributed by atoms with E-state index < -0.39 is 10.0 Å². The van der Waals surface area contributed by atoms with Crippen LogP contribution >= 0.6 is 0 Å². The van der Waals surface area contributed by atoms with E-state index in [1.165, 1.54) is 24.3 Å². The quantitative estimate of drug-likeness (QED) is 0.811. The molecule has 1 atom stereocenters. The zero-order valence-electron chi connectivity index (χ0n) is 10.9. The van der Waals surface area contributed by atoms with Gasteiger partial charge in [0.2, 0.25) is 10.0 Å². The van der Waals surface area contributed by atoms with Crippen molar-refractivity contribution in [2.45, 2.75) is 24.3 Å². The van der Waals surface area contributed by atoms with Crippen LogP contribution in [0.1, 0.15) is 13.3 Å². The van der Waals surface area contributed by atoms with Gasteiger partial charge in [0.05, 0.1) is 4.90 Å². The van der Waals surface area contributed by atoms with Crippen molar-refractivity contribution >= 4 is 10.0 Å². The molecule has 0 aliphatic heterocycles. The van der Waals surface area contributed by atoms with Gasteiger partial charge in [-0.2, -0.15) is 0 Å². The standard InChI is InChI=1S/C12H20N2O3S/c1-10(7-8-14(2)3)13-18(16,17)12-6-4-5-11(15)9-12/h4-6,9-10,13,15H,7-8H2,1-3H3. The van der Waals surface area contributed by atoms with Gasteiger partial charge in [-0.15, -0.1) is 0 Å². The minimum absolute atomic E-state index is 0.0566. The predicted molar refractivity (Wildman–Crippen MR) is 71.1 cm³/mol. The van der Waals surface area contributed by atoms with Crippen LogP contribution in [0.3, 0.4) is 0 Å². The molecule has 1 unspecified atom stereocenters. The van der Waals surface area contributed by atoms with E-state index >= 15 is 0 Å². The van der Waals surface area contributed by atoms with Crippen molar-refractivity contribution in [1.82, 2.24) is 9.62 Å². The third kappa shape index (κ3) is 4.64. The highest BCUT2D eigenvalue weighted by atomic mass is 32.2. The van der Waals surface area contributed by atoms with Crippen LogP contribution in [0.25, 0.3) is 0 Å². The second-order valence-electron chi connectivity index (χ2n) is 4.61. The predicted octanol–water partition coefficient (Wildman–Crippen LogP) is 1.01. The molecule has 0 saturated carbocycles. The lowest BCUT2D eigenvalue weighted by Crippen LogP contribution is -2.34. The second kappa shape index (κ2) is 6.17. The lowest BCUT2D eigenvalue weighted by molar-refractivity contribution is 0.379. The third-order valence-electron chi connectivity index (χ3n) is 2.49. The van der Waals surface area contributed by atoms with Gasteiger partial charge in [0.1, 0.15) is 5.75 Å². The lowest BCUT2D eigenvalue weighted by atomic mass is 10.2. The Morgan fingerprint density at radius 2 is 2.06 bits per heavy atom. The van der Waals surface area contributed by atoms with E-state index in [-0.39, 0.29) is 16.7 Å². The number of sulfonamides is 1. The fourth-order valence-corrected chi connectivity index (χ4v) is 2.81. The van der Waals surface area contributed by atoms with Gasteiger partial charge in [-0.1, -0.05) is 6.07 Å². The number of phenolic OH excluding ortho intramolecular Hbond substituents is 1. The average Bonchev–Trinajstić information content (AvgIpc) is 2.26. The molecular weight excluding hydrogens is 252 g/mol. The van der Waals surface area contributed by atoms with E-state index in [1.807, 2.05) is 25.9 Å². The van der Waals surface area contributed by atoms with Crippen molar-refractivity contribution in [3.63, 3.8) is 0 Å². The summed E-state index contributed by atoms with van der Waals surface area (Å²) in [6.45, 7) is 2.63. The van der Waals surface area contributed by atoms with Crippen LogP contribution in [-0.4, -0.2) is 45.1 Å². The van der Waals surface area contributed by atoms with Gasteiger partial charge in [0, 0.05) is 6.04 Å². The SMILES string of the molecule is CC(CCN(C)C)NS(=O)(=O)c1cccc(O)c1. The van der Waals surface area contributed by atoms with Gasteiger partial charge in [-0.25, -0.2) is 13.1 Å². The summed E-state index contributed by atoms with van der Waals surface area (Å²) in [5.74, 6) is -0.0566. The number of nitrogens with zero attached hydrogens (tertiary/aromatic N) is 1. The lowest BCUT2D eigenvalue weighted by Gasteiger charge is -2.16. The summed E-state index contributed by atoms with van der Waals surface area (Å²) in [5, 5.41) is 9.29. The highest BCUT2D eigenvalue weighted by Crippen LogP contribution is 2.16. The molecule has 0 amide bonds. The van der Waals surface area contributed by atoms with Crippen molar-refractivity contribution < 1.29 is 13.5 Å². The van der Waals surface area contributed by atoms with E-state index in [0.29, 0.717) is 0 Å². The first-order valence-electron chi connectivity index (χ1n) is 5.77. The number of hydrogen-bond donors (Lipinski definition) is 2. The number of phenols is 1. The van der Waals surface area contributed by atoms with Crippen LogP contribution in [0.15, 0.2) is 29.2 Å². The average molecular weight is 272 g/mol. The molecule has 0 aliphatic rings. The summed E-state index contributed by atoms with van der Waals surface area (Å²) < 4.78 is 26.6. The molecule has 2 N–H and O–H groups in total. The van der Waals surface area contributed by atoms with Crippen molar-refractivity contribution in [1.29, 1.82) is 0 Å². The summed E-state index contributed by atoms with van der Waals surface area (Å²) in [6, 6.07) is 5.49. The molecule has 18 heavy (non-hydrogen) atoms. The summed E-state index contributed by atoms with van der Waals surface area (Å²) in [4.78, 5) is 2.08. The van der Waals surface area contributed by atoms with Gasteiger partial charge in [-0.3, -0.25) is 0 Å². The van der Waals surface area contributed by atoms with E-state index in [1.54, 1.807) is 0 Å². The Hall–Kier alpha value is -1.11. The summed E-state index contributed by atoms with van der Waals surface area (Å²) in [6.07, 6.45) is 0.727. The Balaban J connectivity index is 2.70. The monoisotopic (exact) mass is 272 g/mol. The normalized spacial score (nSPS) is 13.8. The molecule has 0 fully saturated rings. The van der Waals surface area contributed by atoms with Crippen LogP contribution < -0.4 is 4.72 Å². The molecule has 0 bridgehead atoms. The summed E-state index contributed by atoms with van der Waals surface area (Å²) in [7, 11) is 0.323. The Morgan fingerprint density at radius 3 is 2.61 bits per heavy atom. The van der Waals surface area contributed by atoms with Crippen LogP contribution in [0.2, 0.25) is 0 Å². The highest BCUT2D eigenvalue weighted by Gasteiger charge is 2.17. The highest BCUT2D eigenvalue weighted by molar-refractivity contribution is 7.89. The van der Waals surface area contributed by atoms with E-state index in [9.17, 15) is 13.5 Å². The van der Waals surface area contributed by atoms with Crippen molar-refractivity contribution in [2.75, 3.05) is 20.6 Å². The molecule has 1 rings (SSSR count). The second-order valence-corrected chi connectivity index (χ2v) is 6.33. The summed E-state index contributed by atoms with van der Waals surface area (Å²) in [5.41, 5.74) is 0. The zero-order chi connectivity index (χ0) is 13.8. The van der Waals surface area contributed by atoms with E-state index in [2.05, 4.69) is 4.72 Å². The van der Waals surface area contributed by atoms with Crippen LogP contribution in [-0.2, 0) is 10.0 Å². The Labute approximate surface area is 108 Å². The number of hydrogen-bond acceptors (Lipinski definition) is 4. The Bertz CT molecular complexity index is 486. The molecule has 0 heterocycles. The molecule has 0 radical (unpaired) electrons. The van der Waals surface area contributed by atoms with Gasteiger partial charge in [-0.05, 0) is 52.2 Å². The van der Waals surface area contributed by atoms with E-state index in [4.69, 9.17) is 0 Å². The molecule has 102 valence electrons. The van der Waals surface area contributed by atoms with Crippen molar-refractivity contribution in [2.24, 2.45) is 0 Å². The van der Waals surface area contributed by atoms with Gasteiger partial charge in [0.25, 0.3) is 0 Å². The number of aromatic hydroxyl groups is 1. The maximum absolute atomic E-state index is 12.0. The van der Waals surface area contributed by atoms with Crippen molar-refractivity contribution in [3.05, 3.63) is 24.3 Å². The minimum Gasteiger partial charge on any atom is -0.508 e. The molecule has 1 aromatic rings. The zero-order valence-corrected chi connectivity index (χ0v) is 11.7. The smallest absolute Gasteiger partial charge is 0.240 e. The fraction of sp³-hybridized carbons (Fsp3) is 0.500. The van der Waals surface area contributed by atoms with Gasteiger partial charge in [0.15, 0.2) is 0 Å². The minimum atomic E-state index is -3.56. The molecular formula is C12H20N2O3S. The van der Waals surface area contributed by atoms with Gasteiger partial charge >= 0.3 is 0 Å². The third-order valence-corrected chi connectivity index (χ3v) is 4.08. The number of benzene rings is 1. The number of rotatable bonds is 6. The maximum atomic E-state index is 12.0. The molecule has 0 spiro atoms. The molecule has 0 aliphatic carbocycles. The van der Waals surface area contributed by atoms with Crippen LogP contribution in [0.5, 0.6) is 5.75 Å². The van der Waals surface area contributed by atoms with E-state index in [0.717, 1.165) is 13.0 Å². The van der Waals surface area contributed by atoms with Crippen molar-refractivity contribution in [3.8, 4) is 5.75 Å². The first-order valence-corrected chi connectivity index (χ1v) is 7.25. The maximum Gasteiger partial charge on any atom is 0.240 e. The first kappa shape index (κ1) is 14.9. The molecule has 5 nitrogen and oxygen atoms in total. The Morgan fingerprint density at radius 1 is 1.39 bits per heavy atom. The first-order chi connectivity index (χ1) is 8.31.